The van der Waals surface area contributed by atoms with Gasteiger partial charge in [0.1, 0.15) is 42.7 Å². The van der Waals surface area contributed by atoms with Gasteiger partial charge in [-0.25, -0.2) is 8.98 Å². The van der Waals surface area contributed by atoms with E-state index in [0.29, 0.717) is 0 Å². The SMILES string of the molecule is CO[C@@H]1OC(COS(=O)(=O)O)[C@H](O)[C@H](O[C@@H]2OC(C(=O)O)[C@@H](OC)[C@H](O)C2O)C1NC(C)=O. The molecule has 2 rings (SSSR count). The van der Waals surface area contributed by atoms with Crippen LogP contribution in [0.1, 0.15) is 6.92 Å². The maximum Gasteiger partial charge on any atom is 0.397 e. The molecule has 2 fully saturated rings. The zero-order valence-electron chi connectivity index (χ0n) is 17.7. The number of amides is 1. The smallest absolute Gasteiger partial charge is 0.397 e. The van der Waals surface area contributed by atoms with Crippen LogP contribution in [0, 0.1) is 0 Å². The molecule has 0 aromatic rings. The van der Waals surface area contributed by atoms with Crippen molar-refractivity contribution < 1.29 is 70.9 Å². The number of aliphatic hydroxyl groups excluding tert-OH is 3. The fraction of sp³-hybridized carbons (Fsp3) is 0.875. The summed E-state index contributed by atoms with van der Waals surface area (Å²) in [4.78, 5) is 23.2. The lowest BCUT2D eigenvalue weighted by Crippen LogP contribution is -2.68. The molecule has 0 bridgehead atoms. The summed E-state index contributed by atoms with van der Waals surface area (Å²) in [7, 11) is -2.65. The fourth-order valence-corrected chi connectivity index (χ4v) is 3.83. The summed E-state index contributed by atoms with van der Waals surface area (Å²) in [5, 5.41) is 43.1. The molecule has 17 heteroatoms. The second-order valence-electron chi connectivity index (χ2n) is 7.25. The van der Waals surface area contributed by atoms with Crippen LogP contribution in [0.25, 0.3) is 0 Å². The minimum absolute atomic E-state index is 0.618. The predicted molar refractivity (Wildman–Crippen MR) is 101 cm³/mol. The third kappa shape index (κ3) is 6.76. The number of carbonyl (C=O) groups is 2. The van der Waals surface area contributed by atoms with Crippen LogP contribution in [0.5, 0.6) is 0 Å². The highest BCUT2D eigenvalue weighted by atomic mass is 32.3. The first kappa shape index (κ1) is 27.7. The number of carboxylic acids is 1. The molecule has 1 amide bonds. The topological polar surface area (TPSA) is 237 Å². The quantitative estimate of drug-likeness (QED) is 0.164. The average molecular weight is 505 g/mol. The zero-order chi connectivity index (χ0) is 25.1. The van der Waals surface area contributed by atoms with Crippen molar-refractivity contribution in [3.8, 4) is 0 Å². The standard InChI is InChI=1S/C16H27NO15S/c1-5(18)17-7-11(8(19)6(30-15(7)28-3)4-29-33(24,25)26)31-16-10(21)9(20)12(27-2)13(32-16)14(22)23/h6-13,15-16,19-21H,4H2,1-3H3,(H,17,18)(H,22,23)(H,24,25,26)/t6?,7?,8-,9+,10?,11+,12-,13?,15+,16+/m0/s1. The molecule has 0 spiro atoms. The van der Waals surface area contributed by atoms with Crippen molar-refractivity contribution in [1.29, 1.82) is 0 Å². The van der Waals surface area contributed by atoms with Gasteiger partial charge in [-0.2, -0.15) is 8.42 Å². The van der Waals surface area contributed by atoms with Gasteiger partial charge < -0.3 is 49.4 Å². The van der Waals surface area contributed by atoms with Crippen LogP contribution in [0.2, 0.25) is 0 Å². The summed E-state index contributed by atoms with van der Waals surface area (Å²) in [6, 6.07) is -1.28. The molecular weight excluding hydrogens is 478 g/mol. The number of carboxylic acid groups (broad SMARTS) is 1. The second-order valence-corrected chi connectivity index (χ2v) is 8.34. The molecule has 0 aromatic carbocycles. The molecule has 0 aliphatic carbocycles. The molecular formula is C16H27NO15S. The molecule has 2 saturated heterocycles. The molecule has 16 nitrogen and oxygen atoms in total. The van der Waals surface area contributed by atoms with E-state index in [-0.39, 0.29) is 0 Å². The molecule has 6 N–H and O–H groups in total. The molecule has 0 aromatic heterocycles. The zero-order valence-corrected chi connectivity index (χ0v) is 18.5. The van der Waals surface area contributed by atoms with Gasteiger partial charge in [0, 0.05) is 21.1 Å². The Labute approximate surface area is 188 Å². The number of hydrogen-bond acceptors (Lipinski definition) is 13. The monoisotopic (exact) mass is 505 g/mol. The van der Waals surface area contributed by atoms with E-state index in [9.17, 15) is 38.4 Å². The third-order valence-corrected chi connectivity index (χ3v) is 5.44. The summed E-state index contributed by atoms with van der Waals surface area (Å²) in [6.45, 7) is 0.232. The number of nitrogens with one attached hydrogen (secondary N) is 1. The van der Waals surface area contributed by atoms with E-state index in [1.165, 1.54) is 0 Å². The third-order valence-electron chi connectivity index (χ3n) is 5.01. The van der Waals surface area contributed by atoms with Crippen molar-refractivity contribution in [2.75, 3.05) is 20.8 Å². The molecule has 33 heavy (non-hydrogen) atoms. The molecule has 2 heterocycles. The molecule has 192 valence electrons. The summed E-state index contributed by atoms with van der Waals surface area (Å²) in [6.07, 6.45) is -14.9. The van der Waals surface area contributed by atoms with Crippen molar-refractivity contribution >= 4 is 22.3 Å². The Morgan fingerprint density at radius 2 is 1.61 bits per heavy atom. The molecule has 2 aliphatic rings. The number of ether oxygens (including phenoxy) is 5. The minimum Gasteiger partial charge on any atom is -0.479 e. The van der Waals surface area contributed by atoms with Gasteiger partial charge in [-0.1, -0.05) is 0 Å². The van der Waals surface area contributed by atoms with E-state index < -0.39 is 90.2 Å². The summed E-state index contributed by atoms with van der Waals surface area (Å²) in [5.74, 6) is -2.16. The van der Waals surface area contributed by atoms with E-state index in [1.54, 1.807) is 0 Å². The van der Waals surface area contributed by atoms with Crippen LogP contribution in [-0.2, 0) is 47.9 Å². The maximum absolute atomic E-state index is 11.7. The summed E-state index contributed by atoms with van der Waals surface area (Å²) >= 11 is 0. The highest BCUT2D eigenvalue weighted by Crippen LogP contribution is 2.30. The Bertz CT molecular complexity index is 793. The van der Waals surface area contributed by atoms with Gasteiger partial charge in [0.05, 0.1) is 6.61 Å². The van der Waals surface area contributed by atoms with Gasteiger partial charge in [0.15, 0.2) is 18.7 Å². The van der Waals surface area contributed by atoms with Crippen LogP contribution in [0.3, 0.4) is 0 Å². The predicted octanol–water partition coefficient (Wildman–Crippen LogP) is -4.03. The first-order chi connectivity index (χ1) is 15.3. The minimum atomic E-state index is -4.91. The lowest BCUT2D eigenvalue weighted by molar-refractivity contribution is -0.339. The van der Waals surface area contributed by atoms with Crippen LogP contribution in [-0.4, -0.2) is 127 Å². The maximum atomic E-state index is 11.7. The van der Waals surface area contributed by atoms with E-state index >= 15 is 0 Å². The van der Waals surface area contributed by atoms with E-state index in [4.69, 9.17) is 28.2 Å². The Morgan fingerprint density at radius 1 is 0.970 bits per heavy atom. The van der Waals surface area contributed by atoms with Crippen LogP contribution < -0.4 is 5.32 Å². The van der Waals surface area contributed by atoms with Crippen molar-refractivity contribution in [3.05, 3.63) is 0 Å². The van der Waals surface area contributed by atoms with Gasteiger partial charge >= 0.3 is 16.4 Å². The highest BCUT2D eigenvalue weighted by molar-refractivity contribution is 7.80. The Balaban J connectivity index is 2.33. The normalized spacial score (nSPS) is 39.7. The van der Waals surface area contributed by atoms with Gasteiger partial charge in [-0.3, -0.25) is 9.35 Å². The van der Waals surface area contributed by atoms with E-state index in [1.807, 2.05) is 0 Å². The van der Waals surface area contributed by atoms with E-state index in [2.05, 4.69) is 9.50 Å². The van der Waals surface area contributed by atoms with Crippen LogP contribution in [0.15, 0.2) is 0 Å². The van der Waals surface area contributed by atoms with Crippen LogP contribution in [0.4, 0.5) is 0 Å². The molecule has 10 atom stereocenters. The first-order valence-electron chi connectivity index (χ1n) is 9.48. The van der Waals surface area contributed by atoms with Gasteiger partial charge in [0.2, 0.25) is 5.91 Å². The van der Waals surface area contributed by atoms with Gasteiger partial charge in [-0.15, -0.1) is 0 Å². The van der Waals surface area contributed by atoms with Crippen molar-refractivity contribution in [2.45, 2.75) is 68.3 Å². The Kier molecular flexibility index (Phi) is 9.48. The fourth-order valence-electron chi connectivity index (χ4n) is 3.53. The highest BCUT2D eigenvalue weighted by Gasteiger charge is 2.53. The lowest BCUT2D eigenvalue weighted by Gasteiger charge is -2.47. The number of aliphatic hydroxyl groups is 3. The first-order valence-corrected chi connectivity index (χ1v) is 10.8. The molecule has 0 saturated carbocycles. The van der Waals surface area contributed by atoms with Crippen molar-refractivity contribution in [1.82, 2.24) is 5.32 Å². The van der Waals surface area contributed by atoms with Crippen molar-refractivity contribution in [2.24, 2.45) is 0 Å². The van der Waals surface area contributed by atoms with Gasteiger partial charge in [-0.05, 0) is 0 Å². The molecule has 4 unspecified atom stereocenters. The average Bonchev–Trinajstić information content (AvgIpc) is 2.71. The number of rotatable bonds is 9. The molecule has 0 radical (unpaired) electrons. The van der Waals surface area contributed by atoms with Crippen molar-refractivity contribution in [3.63, 3.8) is 0 Å². The summed E-state index contributed by atoms with van der Waals surface area (Å²) in [5.41, 5.74) is 0. The Hall–Kier alpha value is -1.51. The summed E-state index contributed by atoms with van der Waals surface area (Å²) < 4.78 is 61.0. The van der Waals surface area contributed by atoms with E-state index in [0.717, 1.165) is 21.1 Å². The van der Waals surface area contributed by atoms with Crippen LogP contribution >= 0.6 is 0 Å². The lowest BCUT2D eigenvalue weighted by atomic mass is 9.95. The Morgan fingerprint density at radius 3 is 2.09 bits per heavy atom. The number of carbonyl (C=O) groups excluding carboxylic acids is 1. The largest absolute Gasteiger partial charge is 0.479 e. The second kappa shape index (κ2) is 11.3. The molecule has 2 aliphatic heterocycles. The van der Waals surface area contributed by atoms with Gasteiger partial charge in [0.25, 0.3) is 0 Å². The number of hydrogen-bond donors (Lipinski definition) is 6. The number of methoxy groups -OCH3 is 2. The number of aliphatic carboxylic acids is 1.